The van der Waals surface area contributed by atoms with E-state index in [0.29, 0.717) is 0 Å². The van der Waals surface area contributed by atoms with E-state index in [9.17, 15) is 0 Å². The van der Waals surface area contributed by atoms with E-state index >= 15 is 0 Å². The van der Waals surface area contributed by atoms with Gasteiger partial charge < -0.3 is 10.6 Å². The van der Waals surface area contributed by atoms with Gasteiger partial charge >= 0.3 is 0 Å². The fraction of sp³-hybridized carbons (Fsp3) is 0.368. The predicted molar refractivity (Wildman–Crippen MR) is 90.4 cm³/mol. The smallest absolute Gasteiger partial charge is 0.0307 e. The van der Waals surface area contributed by atoms with Crippen LogP contribution in [-0.4, -0.2) is 25.0 Å². The second-order valence-corrected chi connectivity index (χ2v) is 5.84. The minimum atomic E-state index is 0.129. The summed E-state index contributed by atoms with van der Waals surface area (Å²) >= 11 is 0. The van der Waals surface area contributed by atoms with E-state index in [1.807, 2.05) is 0 Å². The molecule has 0 aliphatic heterocycles. The van der Waals surface area contributed by atoms with Gasteiger partial charge in [-0.1, -0.05) is 60.2 Å². The van der Waals surface area contributed by atoms with Gasteiger partial charge in [0, 0.05) is 12.6 Å². The molecule has 2 aromatic carbocycles. The number of aryl methyl sites for hydroxylation is 1. The summed E-state index contributed by atoms with van der Waals surface area (Å²) in [6.45, 7) is 4.21. The van der Waals surface area contributed by atoms with Gasteiger partial charge in [-0.2, -0.15) is 0 Å². The number of nitrogens with two attached hydrogens (primary N) is 1. The van der Waals surface area contributed by atoms with E-state index in [1.54, 1.807) is 0 Å². The van der Waals surface area contributed by atoms with Gasteiger partial charge in [0.1, 0.15) is 0 Å². The number of benzene rings is 2. The molecule has 0 spiro atoms. The first-order valence-corrected chi connectivity index (χ1v) is 7.70. The van der Waals surface area contributed by atoms with Crippen LogP contribution in [0.1, 0.15) is 29.2 Å². The van der Waals surface area contributed by atoms with E-state index < -0.39 is 0 Å². The Bertz CT molecular complexity index is 519. The van der Waals surface area contributed by atoms with Crippen molar-refractivity contribution >= 4 is 0 Å². The van der Waals surface area contributed by atoms with Gasteiger partial charge in [0.25, 0.3) is 0 Å². The Morgan fingerprint density at radius 1 is 0.952 bits per heavy atom. The molecule has 0 aromatic heterocycles. The van der Waals surface area contributed by atoms with E-state index in [-0.39, 0.29) is 6.04 Å². The monoisotopic (exact) mass is 282 g/mol. The molecule has 112 valence electrons. The molecule has 0 aliphatic rings. The molecular formula is C19H26N2. The fourth-order valence-electron chi connectivity index (χ4n) is 2.42. The summed E-state index contributed by atoms with van der Waals surface area (Å²) in [7, 11) is 2.17. The molecule has 0 amide bonds. The van der Waals surface area contributed by atoms with Crippen molar-refractivity contribution in [2.24, 2.45) is 5.73 Å². The molecule has 0 radical (unpaired) electrons. The van der Waals surface area contributed by atoms with Crippen LogP contribution in [0.5, 0.6) is 0 Å². The Kier molecular flexibility index (Phi) is 5.97. The Labute approximate surface area is 128 Å². The van der Waals surface area contributed by atoms with E-state index in [1.165, 1.54) is 16.7 Å². The number of hydrogen-bond donors (Lipinski definition) is 1. The van der Waals surface area contributed by atoms with Gasteiger partial charge in [-0.25, -0.2) is 0 Å². The Hall–Kier alpha value is -1.64. The molecule has 0 saturated carbocycles. The molecule has 0 aliphatic carbocycles. The third-order valence-corrected chi connectivity index (χ3v) is 3.95. The van der Waals surface area contributed by atoms with Gasteiger partial charge in [0.15, 0.2) is 0 Å². The molecule has 0 bridgehead atoms. The van der Waals surface area contributed by atoms with Gasteiger partial charge in [-0.05, 0) is 44.5 Å². The van der Waals surface area contributed by atoms with Crippen molar-refractivity contribution in [3.8, 4) is 0 Å². The van der Waals surface area contributed by atoms with Crippen LogP contribution in [-0.2, 0) is 6.42 Å². The van der Waals surface area contributed by atoms with Crippen LogP contribution in [0.3, 0.4) is 0 Å². The van der Waals surface area contributed by atoms with Gasteiger partial charge in [-0.15, -0.1) is 0 Å². The van der Waals surface area contributed by atoms with Crippen molar-refractivity contribution in [3.05, 3.63) is 71.3 Å². The highest BCUT2D eigenvalue weighted by atomic mass is 15.1. The molecule has 0 fully saturated rings. The fourth-order valence-corrected chi connectivity index (χ4v) is 2.42. The van der Waals surface area contributed by atoms with Crippen LogP contribution in [0.15, 0.2) is 54.6 Å². The van der Waals surface area contributed by atoms with Crippen LogP contribution in [0.4, 0.5) is 0 Å². The topological polar surface area (TPSA) is 29.3 Å². The van der Waals surface area contributed by atoms with Crippen molar-refractivity contribution in [2.45, 2.75) is 25.8 Å². The maximum absolute atomic E-state index is 6.27. The Balaban J connectivity index is 1.73. The highest BCUT2D eigenvalue weighted by Crippen LogP contribution is 2.15. The lowest BCUT2D eigenvalue weighted by molar-refractivity contribution is 0.322. The lowest BCUT2D eigenvalue weighted by Crippen LogP contribution is -2.25. The molecule has 1 atom stereocenters. The standard InChI is InChI=1S/C19H26N2/c1-16-8-10-18(11-9-16)19(20)13-15-21(2)14-12-17-6-4-3-5-7-17/h3-11,19H,12-15,20H2,1-2H3. The molecule has 2 nitrogen and oxygen atoms in total. The third kappa shape index (κ3) is 5.33. The van der Waals surface area contributed by atoms with E-state index in [4.69, 9.17) is 5.73 Å². The van der Waals surface area contributed by atoms with Gasteiger partial charge in [0.05, 0.1) is 0 Å². The summed E-state index contributed by atoms with van der Waals surface area (Å²) in [5.74, 6) is 0. The molecule has 2 aromatic rings. The summed E-state index contributed by atoms with van der Waals surface area (Å²) < 4.78 is 0. The number of hydrogen-bond acceptors (Lipinski definition) is 2. The minimum Gasteiger partial charge on any atom is -0.324 e. The summed E-state index contributed by atoms with van der Waals surface area (Å²) in [6, 6.07) is 19.3. The van der Waals surface area contributed by atoms with Crippen molar-refractivity contribution in [3.63, 3.8) is 0 Å². The van der Waals surface area contributed by atoms with Crippen LogP contribution in [0, 0.1) is 6.92 Å². The number of rotatable bonds is 7. The summed E-state index contributed by atoms with van der Waals surface area (Å²) in [6.07, 6.45) is 2.09. The zero-order chi connectivity index (χ0) is 15.1. The highest BCUT2D eigenvalue weighted by Gasteiger charge is 2.07. The molecule has 21 heavy (non-hydrogen) atoms. The van der Waals surface area contributed by atoms with Crippen molar-refractivity contribution in [1.29, 1.82) is 0 Å². The van der Waals surface area contributed by atoms with Crippen molar-refractivity contribution in [2.75, 3.05) is 20.1 Å². The lowest BCUT2D eigenvalue weighted by Gasteiger charge is -2.19. The molecular weight excluding hydrogens is 256 g/mol. The SMILES string of the molecule is Cc1ccc(C(N)CCN(C)CCc2ccccc2)cc1. The quantitative estimate of drug-likeness (QED) is 0.841. The van der Waals surface area contributed by atoms with Gasteiger partial charge in [-0.3, -0.25) is 0 Å². The first-order chi connectivity index (χ1) is 10.1. The summed E-state index contributed by atoms with van der Waals surface area (Å²) in [5.41, 5.74) is 10.2. The maximum Gasteiger partial charge on any atom is 0.0307 e. The molecule has 0 heterocycles. The van der Waals surface area contributed by atoms with E-state index in [0.717, 1.165) is 25.9 Å². The van der Waals surface area contributed by atoms with Crippen LogP contribution in [0.25, 0.3) is 0 Å². The Morgan fingerprint density at radius 3 is 2.29 bits per heavy atom. The summed E-state index contributed by atoms with van der Waals surface area (Å²) in [5, 5.41) is 0. The van der Waals surface area contributed by atoms with Gasteiger partial charge in [0.2, 0.25) is 0 Å². The minimum absolute atomic E-state index is 0.129. The zero-order valence-electron chi connectivity index (χ0n) is 13.1. The van der Waals surface area contributed by atoms with Crippen LogP contribution < -0.4 is 5.73 Å². The van der Waals surface area contributed by atoms with Crippen molar-refractivity contribution < 1.29 is 0 Å². The average Bonchev–Trinajstić information content (AvgIpc) is 2.52. The molecule has 1 unspecified atom stereocenters. The van der Waals surface area contributed by atoms with Crippen molar-refractivity contribution in [1.82, 2.24) is 4.90 Å². The maximum atomic E-state index is 6.27. The lowest BCUT2D eigenvalue weighted by atomic mass is 10.0. The largest absolute Gasteiger partial charge is 0.324 e. The van der Waals surface area contributed by atoms with Crippen LogP contribution in [0.2, 0.25) is 0 Å². The normalized spacial score (nSPS) is 12.6. The summed E-state index contributed by atoms with van der Waals surface area (Å²) in [4.78, 5) is 2.36. The predicted octanol–water partition coefficient (Wildman–Crippen LogP) is 3.56. The van der Waals surface area contributed by atoms with E-state index in [2.05, 4.69) is 73.5 Å². The Morgan fingerprint density at radius 2 is 1.62 bits per heavy atom. The molecule has 2 heteroatoms. The molecule has 2 N–H and O–H groups in total. The van der Waals surface area contributed by atoms with Crippen LogP contribution >= 0.6 is 0 Å². The first-order valence-electron chi connectivity index (χ1n) is 7.70. The third-order valence-electron chi connectivity index (χ3n) is 3.95. The molecule has 0 saturated heterocycles. The molecule has 2 rings (SSSR count). The highest BCUT2D eigenvalue weighted by molar-refractivity contribution is 5.23. The second-order valence-electron chi connectivity index (χ2n) is 5.84. The number of likely N-dealkylation sites (N-methyl/N-ethyl adjacent to an activating group) is 1. The number of nitrogens with zero attached hydrogens (tertiary/aromatic N) is 1. The first kappa shape index (κ1) is 15.7. The second kappa shape index (κ2) is 7.96. The average molecular weight is 282 g/mol. The zero-order valence-corrected chi connectivity index (χ0v) is 13.1.